The van der Waals surface area contributed by atoms with Gasteiger partial charge in [-0.15, -0.1) is 0 Å². The quantitative estimate of drug-likeness (QED) is 0.773. The van der Waals surface area contributed by atoms with Gasteiger partial charge in [-0.3, -0.25) is 4.90 Å². The van der Waals surface area contributed by atoms with Gasteiger partial charge in [-0.2, -0.15) is 0 Å². The summed E-state index contributed by atoms with van der Waals surface area (Å²) in [7, 11) is 0. The third-order valence-corrected chi connectivity index (χ3v) is 3.70. The van der Waals surface area contributed by atoms with Crippen molar-refractivity contribution in [3.05, 3.63) is 0 Å². The fourth-order valence-electron chi connectivity index (χ4n) is 2.79. The molecule has 0 amide bonds. The lowest BCUT2D eigenvalue weighted by Gasteiger charge is -2.41. The zero-order valence-corrected chi connectivity index (χ0v) is 12.2. The topological polar surface area (TPSA) is 24.5 Å². The minimum absolute atomic E-state index is 0.366. The van der Waals surface area contributed by atoms with Crippen LogP contribution in [0, 0.1) is 0 Å². The molecule has 1 aliphatic rings. The third-order valence-electron chi connectivity index (χ3n) is 3.70. The number of hydrogen-bond acceptors (Lipinski definition) is 3. The molecule has 17 heavy (non-hydrogen) atoms. The summed E-state index contributed by atoms with van der Waals surface area (Å²) < 4.78 is 5.80. The first-order valence-electron chi connectivity index (χ1n) is 7.21. The van der Waals surface area contributed by atoms with Gasteiger partial charge in [-0.25, -0.2) is 0 Å². The summed E-state index contributed by atoms with van der Waals surface area (Å²) in [4.78, 5) is 2.58. The molecular formula is C14H30N2O. The number of morpholine rings is 1. The molecule has 0 aromatic carbocycles. The van der Waals surface area contributed by atoms with Crippen molar-refractivity contribution in [3.8, 4) is 0 Å². The van der Waals surface area contributed by atoms with Gasteiger partial charge in [0.05, 0.1) is 12.2 Å². The number of hydrogen-bond donors (Lipinski definition) is 1. The largest absolute Gasteiger partial charge is 0.373 e. The predicted molar refractivity (Wildman–Crippen MR) is 73.4 cm³/mol. The van der Waals surface area contributed by atoms with Crippen molar-refractivity contribution in [1.29, 1.82) is 0 Å². The minimum atomic E-state index is 0.366. The number of nitrogens with one attached hydrogen (secondary N) is 1. The van der Waals surface area contributed by atoms with Gasteiger partial charge >= 0.3 is 0 Å². The number of nitrogens with zero attached hydrogens (tertiary/aromatic N) is 1. The van der Waals surface area contributed by atoms with Crippen LogP contribution in [0.15, 0.2) is 0 Å². The average Bonchev–Trinajstić information content (AvgIpc) is 2.28. The van der Waals surface area contributed by atoms with Crippen molar-refractivity contribution in [1.82, 2.24) is 10.2 Å². The highest BCUT2D eigenvalue weighted by molar-refractivity contribution is 4.84. The molecule has 4 atom stereocenters. The molecular weight excluding hydrogens is 212 g/mol. The summed E-state index contributed by atoms with van der Waals surface area (Å²) >= 11 is 0. The van der Waals surface area contributed by atoms with Gasteiger partial charge in [0.25, 0.3) is 0 Å². The van der Waals surface area contributed by atoms with E-state index in [2.05, 4.69) is 44.8 Å². The first-order valence-corrected chi connectivity index (χ1v) is 7.21. The molecule has 0 aliphatic carbocycles. The maximum absolute atomic E-state index is 5.80. The highest BCUT2D eigenvalue weighted by Crippen LogP contribution is 2.16. The molecule has 0 radical (unpaired) electrons. The second-order valence-corrected chi connectivity index (χ2v) is 5.42. The average molecular weight is 242 g/mol. The fraction of sp³-hybridized carbons (Fsp3) is 1.00. The summed E-state index contributed by atoms with van der Waals surface area (Å²) in [6.07, 6.45) is 3.13. The second-order valence-electron chi connectivity index (χ2n) is 5.42. The Bertz CT molecular complexity index is 200. The van der Waals surface area contributed by atoms with Crippen molar-refractivity contribution in [2.24, 2.45) is 0 Å². The van der Waals surface area contributed by atoms with Gasteiger partial charge in [0.1, 0.15) is 0 Å². The lowest BCUT2D eigenvalue weighted by molar-refractivity contribution is -0.0821. The van der Waals surface area contributed by atoms with Crippen LogP contribution >= 0.6 is 0 Å². The van der Waals surface area contributed by atoms with E-state index in [1.165, 1.54) is 12.8 Å². The molecule has 1 aliphatic heterocycles. The van der Waals surface area contributed by atoms with Crippen LogP contribution in [0.25, 0.3) is 0 Å². The molecule has 1 rings (SSSR count). The first-order chi connectivity index (χ1) is 8.08. The number of rotatable bonds is 6. The van der Waals surface area contributed by atoms with E-state index in [0.29, 0.717) is 24.3 Å². The molecule has 1 heterocycles. The van der Waals surface area contributed by atoms with Crippen molar-refractivity contribution in [2.75, 3.05) is 19.6 Å². The van der Waals surface area contributed by atoms with Crippen molar-refractivity contribution >= 4 is 0 Å². The Morgan fingerprint density at radius 1 is 1.24 bits per heavy atom. The molecule has 0 saturated carbocycles. The van der Waals surface area contributed by atoms with E-state index in [1.54, 1.807) is 0 Å². The standard InChI is InChI=1S/C14H30N2O/c1-6-8-15-14(7-2)13(5)16-9-11(3)17-12(4)10-16/h11-15H,6-10H2,1-5H3/t11-,12+,13?,14?. The lowest BCUT2D eigenvalue weighted by Crippen LogP contribution is -2.55. The van der Waals surface area contributed by atoms with E-state index in [1.807, 2.05) is 0 Å². The van der Waals surface area contributed by atoms with Crippen molar-refractivity contribution < 1.29 is 4.74 Å². The van der Waals surface area contributed by atoms with Gasteiger partial charge in [0.2, 0.25) is 0 Å². The van der Waals surface area contributed by atoms with Gasteiger partial charge in [-0.1, -0.05) is 13.8 Å². The normalized spacial score (nSPS) is 30.2. The van der Waals surface area contributed by atoms with Crippen LogP contribution in [0.4, 0.5) is 0 Å². The molecule has 3 nitrogen and oxygen atoms in total. The lowest BCUT2D eigenvalue weighted by atomic mass is 10.0. The van der Waals surface area contributed by atoms with Crippen LogP contribution in [0.3, 0.4) is 0 Å². The molecule has 0 spiro atoms. The molecule has 1 N–H and O–H groups in total. The maximum Gasteiger partial charge on any atom is 0.0678 e. The summed E-state index contributed by atoms with van der Waals surface area (Å²) in [5, 5.41) is 3.66. The van der Waals surface area contributed by atoms with Crippen LogP contribution in [0.1, 0.15) is 47.5 Å². The zero-order chi connectivity index (χ0) is 12.8. The van der Waals surface area contributed by atoms with Gasteiger partial charge in [-0.05, 0) is 40.2 Å². The Kier molecular flexibility index (Phi) is 6.45. The van der Waals surface area contributed by atoms with Crippen LogP contribution < -0.4 is 5.32 Å². The molecule has 0 bridgehead atoms. The van der Waals surface area contributed by atoms with Gasteiger partial charge in [0, 0.05) is 25.2 Å². The monoisotopic (exact) mass is 242 g/mol. The maximum atomic E-state index is 5.80. The van der Waals surface area contributed by atoms with E-state index in [9.17, 15) is 0 Å². The van der Waals surface area contributed by atoms with Crippen molar-refractivity contribution in [3.63, 3.8) is 0 Å². The van der Waals surface area contributed by atoms with E-state index in [0.717, 1.165) is 19.6 Å². The Morgan fingerprint density at radius 2 is 1.82 bits per heavy atom. The summed E-state index contributed by atoms with van der Waals surface area (Å²) in [5.41, 5.74) is 0. The van der Waals surface area contributed by atoms with Crippen molar-refractivity contribution in [2.45, 2.75) is 71.8 Å². The molecule has 1 saturated heterocycles. The SMILES string of the molecule is CCCNC(CC)C(C)N1C[C@@H](C)O[C@@H](C)C1. The second kappa shape index (κ2) is 7.34. The predicted octanol–water partition coefficient (Wildman–Crippen LogP) is 2.26. The Morgan fingerprint density at radius 3 is 2.29 bits per heavy atom. The van der Waals surface area contributed by atoms with Gasteiger partial charge < -0.3 is 10.1 Å². The molecule has 0 aromatic heterocycles. The highest BCUT2D eigenvalue weighted by Gasteiger charge is 2.28. The van der Waals surface area contributed by atoms with Crippen LogP contribution in [-0.4, -0.2) is 48.8 Å². The summed E-state index contributed by atoms with van der Waals surface area (Å²) in [6.45, 7) is 14.5. The fourth-order valence-corrected chi connectivity index (χ4v) is 2.79. The molecule has 1 fully saturated rings. The smallest absolute Gasteiger partial charge is 0.0678 e. The summed E-state index contributed by atoms with van der Waals surface area (Å²) in [5.74, 6) is 0. The van der Waals surface area contributed by atoms with Gasteiger partial charge in [0.15, 0.2) is 0 Å². The van der Waals surface area contributed by atoms with E-state index in [-0.39, 0.29) is 0 Å². The molecule has 102 valence electrons. The zero-order valence-electron chi connectivity index (χ0n) is 12.2. The minimum Gasteiger partial charge on any atom is -0.373 e. The first kappa shape index (κ1) is 14.9. The molecule has 3 heteroatoms. The highest BCUT2D eigenvalue weighted by atomic mass is 16.5. The van der Waals surface area contributed by atoms with E-state index < -0.39 is 0 Å². The van der Waals surface area contributed by atoms with Crippen LogP contribution in [-0.2, 0) is 4.74 Å². The molecule has 2 unspecified atom stereocenters. The third kappa shape index (κ3) is 4.57. The Balaban J connectivity index is 2.50. The number of ether oxygens (including phenoxy) is 1. The van der Waals surface area contributed by atoms with E-state index in [4.69, 9.17) is 4.74 Å². The Labute approximate surface area is 107 Å². The Hall–Kier alpha value is -0.120. The van der Waals surface area contributed by atoms with E-state index >= 15 is 0 Å². The van der Waals surface area contributed by atoms with Crippen LogP contribution in [0.5, 0.6) is 0 Å². The molecule has 0 aromatic rings. The summed E-state index contributed by atoms with van der Waals surface area (Å²) in [6, 6.07) is 1.20. The van der Waals surface area contributed by atoms with Crippen LogP contribution in [0.2, 0.25) is 0 Å².